The van der Waals surface area contributed by atoms with Gasteiger partial charge in [0.2, 0.25) is 5.91 Å². The van der Waals surface area contributed by atoms with E-state index in [1.54, 1.807) is 17.9 Å². The van der Waals surface area contributed by atoms with Crippen molar-refractivity contribution in [3.8, 4) is 0 Å². The van der Waals surface area contributed by atoms with Gasteiger partial charge in [0.15, 0.2) is 0 Å². The first-order valence-corrected chi connectivity index (χ1v) is 9.51. The van der Waals surface area contributed by atoms with E-state index in [0.29, 0.717) is 23.9 Å². The van der Waals surface area contributed by atoms with Gasteiger partial charge in [-0.3, -0.25) is 4.79 Å². The minimum absolute atomic E-state index is 0.00679. The third-order valence-electron chi connectivity index (χ3n) is 4.15. The van der Waals surface area contributed by atoms with E-state index in [1.165, 1.54) is 6.07 Å². The van der Waals surface area contributed by atoms with Crippen molar-refractivity contribution < 1.29 is 9.18 Å². The van der Waals surface area contributed by atoms with Gasteiger partial charge in [-0.25, -0.2) is 4.39 Å². The Labute approximate surface area is 157 Å². The van der Waals surface area contributed by atoms with Crippen LogP contribution in [0.15, 0.2) is 48.0 Å². The van der Waals surface area contributed by atoms with E-state index >= 15 is 0 Å². The van der Waals surface area contributed by atoms with Gasteiger partial charge in [0.25, 0.3) is 0 Å². The Morgan fingerprint density at radius 1 is 1.21 bits per heavy atom. The van der Waals surface area contributed by atoms with Gasteiger partial charge in [-0.15, -0.1) is 0 Å². The molecule has 0 N–H and O–H groups in total. The van der Waals surface area contributed by atoms with Crippen LogP contribution in [0.1, 0.15) is 23.1 Å². The molecule has 0 bridgehead atoms. The minimum atomic E-state index is -0.247. The first kappa shape index (κ1) is 17.4. The van der Waals surface area contributed by atoms with Crippen molar-refractivity contribution in [2.45, 2.75) is 19.9 Å². The molecule has 3 rings (SSSR count). The van der Waals surface area contributed by atoms with Gasteiger partial charge in [-0.2, -0.15) is 0 Å². The third-order valence-corrected chi connectivity index (χ3v) is 5.81. The molecule has 124 valence electrons. The summed E-state index contributed by atoms with van der Waals surface area (Å²) in [6.45, 7) is 2.08. The maximum Gasteiger partial charge on any atom is 0.231 e. The van der Waals surface area contributed by atoms with E-state index in [0.717, 1.165) is 26.9 Å². The van der Waals surface area contributed by atoms with Crippen LogP contribution in [0, 0.1) is 12.7 Å². The number of nitrogens with zero attached hydrogens (tertiary/aromatic N) is 1. The second-order valence-electron chi connectivity index (χ2n) is 5.81. The fourth-order valence-electron chi connectivity index (χ4n) is 2.77. The molecule has 0 saturated carbocycles. The van der Waals surface area contributed by atoms with E-state index in [1.807, 2.05) is 30.3 Å². The summed E-state index contributed by atoms with van der Waals surface area (Å²) in [5.41, 5.74) is 4.20. The lowest BCUT2D eigenvalue weighted by molar-refractivity contribution is -0.118. The first-order chi connectivity index (χ1) is 11.5. The van der Waals surface area contributed by atoms with Crippen molar-refractivity contribution in [1.29, 1.82) is 0 Å². The molecule has 0 radical (unpaired) electrons. The molecular weight excluding hydrogens is 437 g/mol. The predicted octanol–water partition coefficient (Wildman–Crippen LogP) is 5.57. The summed E-state index contributed by atoms with van der Waals surface area (Å²) in [5.74, 6) is -0.240. The van der Waals surface area contributed by atoms with Crippen molar-refractivity contribution >= 4 is 47.9 Å². The van der Waals surface area contributed by atoms with Crippen LogP contribution in [-0.4, -0.2) is 11.2 Å². The normalized spacial score (nSPS) is 14.7. The maximum atomic E-state index is 13.9. The highest BCUT2D eigenvalue weighted by Gasteiger charge is 2.26. The monoisotopic (exact) mass is 451 g/mol. The number of amides is 1. The molecule has 1 heterocycles. The van der Waals surface area contributed by atoms with Crippen LogP contribution < -0.4 is 4.90 Å². The lowest BCUT2D eigenvalue weighted by Crippen LogP contribution is -2.30. The van der Waals surface area contributed by atoms with Crippen LogP contribution >= 0.6 is 31.9 Å². The highest BCUT2D eigenvalue weighted by Crippen LogP contribution is 2.39. The fourth-order valence-corrected chi connectivity index (χ4v) is 4.24. The molecule has 1 amide bonds. The molecule has 24 heavy (non-hydrogen) atoms. The molecule has 5 heteroatoms. The van der Waals surface area contributed by atoms with Gasteiger partial charge in [0.05, 0.1) is 18.7 Å². The summed E-state index contributed by atoms with van der Waals surface area (Å²) in [5, 5.41) is 0.626. The van der Waals surface area contributed by atoms with Gasteiger partial charge >= 0.3 is 0 Å². The second kappa shape index (κ2) is 7.19. The zero-order valence-electron chi connectivity index (χ0n) is 13.2. The number of halogens is 3. The lowest BCUT2D eigenvalue weighted by atomic mass is 10.1. The third kappa shape index (κ3) is 3.33. The molecule has 1 aliphatic rings. The fraction of sp³-hybridized carbons (Fsp3) is 0.211. The van der Waals surface area contributed by atoms with Gasteiger partial charge < -0.3 is 4.90 Å². The lowest BCUT2D eigenvalue weighted by Gasteiger charge is -2.23. The van der Waals surface area contributed by atoms with Crippen molar-refractivity contribution in [2.75, 3.05) is 10.2 Å². The Balaban J connectivity index is 2.04. The highest BCUT2D eigenvalue weighted by molar-refractivity contribution is 9.15. The van der Waals surface area contributed by atoms with Crippen LogP contribution in [0.25, 0.3) is 4.48 Å². The number of para-hydroxylation sites is 1. The Bertz CT molecular complexity index is 832. The molecule has 1 aliphatic heterocycles. The number of hydrogen-bond acceptors (Lipinski definition) is 1. The average molecular weight is 453 g/mol. The summed E-state index contributed by atoms with van der Waals surface area (Å²) in [7, 11) is 0. The van der Waals surface area contributed by atoms with Crippen LogP contribution in [0.3, 0.4) is 0 Å². The molecule has 2 aromatic rings. The summed E-state index contributed by atoms with van der Waals surface area (Å²) in [6, 6.07) is 12.9. The standard InChI is InChI=1S/C19H16Br2FNO/c1-12-6-7-13(8-16(12)22)11-23-17-5-3-2-4-15(17)19(21)14(10-20)9-18(23)24/h2-8H,9-11H2,1H3. The van der Waals surface area contributed by atoms with Gasteiger partial charge in [0.1, 0.15) is 5.82 Å². The van der Waals surface area contributed by atoms with E-state index < -0.39 is 0 Å². The van der Waals surface area contributed by atoms with Crippen molar-refractivity contribution in [3.63, 3.8) is 0 Å². The molecule has 0 aromatic heterocycles. The molecule has 0 atom stereocenters. The molecular formula is C19H16Br2FNO. The number of hydrogen-bond donors (Lipinski definition) is 0. The molecule has 0 spiro atoms. The maximum absolute atomic E-state index is 13.9. The molecule has 0 aliphatic carbocycles. The van der Waals surface area contributed by atoms with Crippen LogP contribution in [0.2, 0.25) is 0 Å². The van der Waals surface area contributed by atoms with Gasteiger partial charge in [-0.05, 0) is 35.8 Å². The first-order valence-electron chi connectivity index (χ1n) is 7.59. The topological polar surface area (TPSA) is 20.3 Å². The quantitative estimate of drug-likeness (QED) is 0.557. The van der Waals surface area contributed by atoms with Gasteiger partial charge in [0, 0.05) is 15.4 Å². The molecule has 2 aromatic carbocycles. The van der Waals surface area contributed by atoms with Crippen LogP contribution in [0.5, 0.6) is 0 Å². The highest BCUT2D eigenvalue weighted by atomic mass is 79.9. The summed E-state index contributed by atoms with van der Waals surface area (Å²) in [4.78, 5) is 14.5. The number of carbonyl (C=O) groups is 1. The smallest absolute Gasteiger partial charge is 0.231 e. The van der Waals surface area contributed by atoms with E-state index in [-0.39, 0.29) is 11.7 Å². The molecule has 0 fully saturated rings. The Hall–Kier alpha value is -1.46. The number of anilines is 1. The van der Waals surface area contributed by atoms with Crippen molar-refractivity contribution in [3.05, 3.63) is 70.5 Å². The Kier molecular flexibility index (Phi) is 5.21. The number of carbonyl (C=O) groups excluding carboxylic acids is 1. The van der Waals surface area contributed by atoms with E-state index in [2.05, 4.69) is 31.9 Å². The second-order valence-corrected chi connectivity index (χ2v) is 7.16. The average Bonchev–Trinajstić information content (AvgIpc) is 2.68. The Morgan fingerprint density at radius 3 is 2.67 bits per heavy atom. The Morgan fingerprint density at radius 2 is 1.96 bits per heavy atom. The van der Waals surface area contributed by atoms with Crippen molar-refractivity contribution in [2.24, 2.45) is 0 Å². The van der Waals surface area contributed by atoms with Crippen LogP contribution in [0.4, 0.5) is 10.1 Å². The predicted molar refractivity (Wildman–Crippen MR) is 103 cm³/mol. The summed E-state index contributed by atoms with van der Waals surface area (Å²) < 4.78 is 14.8. The molecule has 0 unspecified atom stereocenters. The van der Waals surface area contributed by atoms with Crippen LogP contribution in [-0.2, 0) is 11.3 Å². The van der Waals surface area contributed by atoms with Crippen molar-refractivity contribution in [1.82, 2.24) is 0 Å². The minimum Gasteiger partial charge on any atom is -0.307 e. The number of alkyl halides is 1. The number of benzene rings is 2. The zero-order valence-corrected chi connectivity index (χ0v) is 16.3. The largest absolute Gasteiger partial charge is 0.307 e. The molecule has 2 nitrogen and oxygen atoms in total. The van der Waals surface area contributed by atoms with Gasteiger partial charge in [-0.1, -0.05) is 62.2 Å². The summed E-state index contributed by atoms with van der Waals surface area (Å²) >= 11 is 7.10. The summed E-state index contributed by atoms with van der Waals surface area (Å²) in [6.07, 6.45) is 0.328. The SMILES string of the molecule is Cc1ccc(CN2C(=O)CC(CBr)=C(Br)c3ccccc32)cc1F. The number of rotatable bonds is 3. The van der Waals surface area contributed by atoms with E-state index in [9.17, 15) is 9.18 Å². The van der Waals surface area contributed by atoms with E-state index in [4.69, 9.17) is 0 Å². The zero-order chi connectivity index (χ0) is 17.3. The number of fused-ring (bicyclic) bond motifs is 1. The molecule has 0 saturated heterocycles. The number of aryl methyl sites for hydroxylation is 1.